The molecule has 114 valence electrons. The van der Waals surface area contributed by atoms with Gasteiger partial charge in [-0.2, -0.15) is 0 Å². The van der Waals surface area contributed by atoms with Crippen molar-refractivity contribution in [2.45, 2.75) is 25.4 Å². The Bertz CT molecular complexity index is 530. The molecule has 0 saturated carbocycles. The van der Waals surface area contributed by atoms with Crippen molar-refractivity contribution in [3.8, 4) is 0 Å². The first-order valence-corrected chi connectivity index (χ1v) is 7.14. The van der Waals surface area contributed by atoms with Crippen LogP contribution in [0, 0.1) is 0 Å². The van der Waals surface area contributed by atoms with Gasteiger partial charge < -0.3 is 20.5 Å². The minimum absolute atomic E-state index is 0.0830. The van der Waals surface area contributed by atoms with Crippen LogP contribution in [0.4, 0.5) is 10.5 Å². The van der Waals surface area contributed by atoms with E-state index in [4.69, 9.17) is 21.4 Å². The van der Waals surface area contributed by atoms with Gasteiger partial charge in [-0.25, -0.2) is 9.59 Å². The number of carbonyl (C=O) groups is 2. The summed E-state index contributed by atoms with van der Waals surface area (Å²) in [6.45, 7) is 1.25. The maximum atomic E-state index is 11.8. The van der Waals surface area contributed by atoms with Gasteiger partial charge in [0.2, 0.25) is 0 Å². The first-order valence-electron chi connectivity index (χ1n) is 6.76. The van der Waals surface area contributed by atoms with Gasteiger partial charge in [0, 0.05) is 13.2 Å². The van der Waals surface area contributed by atoms with Gasteiger partial charge >= 0.3 is 12.0 Å². The summed E-state index contributed by atoms with van der Waals surface area (Å²) in [6.07, 6.45) is 3.02. The van der Waals surface area contributed by atoms with E-state index in [1.807, 2.05) is 0 Å². The molecular formula is C14H17ClN2O4. The molecule has 6 nitrogen and oxygen atoms in total. The average Bonchev–Trinajstić information content (AvgIpc) is 2.91. The minimum Gasteiger partial charge on any atom is -0.478 e. The molecule has 1 aliphatic heterocycles. The highest BCUT2D eigenvalue weighted by Crippen LogP contribution is 2.24. The van der Waals surface area contributed by atoms with E-state index in [0.29, 0.717) is 6.54 Å². The van der Waals surface area contributed by atoms with Gasteiger partial charge in [-0.15, -0.1) is 0 Å². The summed E-state index contributed by atoms with van der Waals surface area (Å²) < 4.78 is 5.45. The van der Waals surface area contributed by atoms with E-state index in [2.05, 4.69) is 10.6 Å². The molecule has 1 aromatic rings. The molecular weight excluding hydrogens is 296 g/mol. The lowest BCUT2D eigenvalue weighted by atomic mass is 10.2. The van der Waals surface area contributed by atoms with Crippen LogP contribution < -0.4 is 10.6 Å². The van der Waals surface area contributed by atoms with E-state index in [1.54, 1.807) is 6.07 Å². The molecule has 1 fully saturated rings. The van der Waals surface area contributed by atoms with Crippen LogP contribution in [0.2, 0.25) is 5.02 Å². The van der Waals surface area contributed by atoms with Crippen LogP contribution in [-0.4, -0.2) is 36.4 Å². The average molecular weight is 313 g/mol. The van der Waals surface area contributed by atoms with Gasteiger partial charge in [0.25, 0.3) is 0 Å². The van der Waals surface area contributed by atoms with Gasteiger partial charge in [0.05, 0.1) is 16.8 Å². The van der Waals surface area contributed by atoms with Crippen molar-refractivity contribution in [3.05, 3.63) is 28.8 Å². The topological polar surface area (TPSA) is 87.7 Å². The van der Waals surface area contributed by atoms with Crippen molar-refractivity contribution in [1.82, 2.24) is 5.32 Å². The summed E-state index contributed by atoms with van der Waals surface area (Å²) >= 11 is 5.83. The predicted molar refractivity (Wildman–Crippen MR) is 79.0 cm³/mol. The van der Waals surface area contributed by atoms with E-state index in [-0.39, 0.29) is 22.4 Å². The Labute approximate surface area is 127 Å². The number of aromatic carboxylic acids is 1. The zero-order chi connectivity index (χ0) is 15.2. The van der Waals surface area contributed by atoms with Crippen molar-refractivity contribution in [2.24, 2.45) is 0 Å². The Kier molecular flexibility index (Phi) is 5.41. The normalized spacial score (nSPS) is 17.5. The molecule has 0 radical (unpaired) electrons. The van der Waals surface area contributed by atoms with E-state index >= 15 is 0 Å². The molecule has 2 rings (SSSR count). The number of ether oxygens (including phenoxy) is 1. The Hall–Kier alpha value is -1.79. The molecule has 0 aromatic heterocycles. The number of urea groups is 1. The van der Waals surface area contributed by atoms with Crippen LogP contribution in [0.5, 0.6) is 0 Å². The van der Waals surface area contributed by atoms with E-state index < -0.39 is 12.0 Å². The third-order valence-electron chi connectivity index (χ3n) is 3.25. The smallest absolute Gasteiger partial charge is 0.339 e. The number of benzene rings is 1. The van der Waals surface area contributed by atoms with Gasteiger partial charge in [-0.1, -0.05) is 17.7 Å². The fourth-order valence-electron chi connectivity index (χ4n) is 2.23. The molecule has 1 aromatic carbocycles. The fourth-order valence-corrected chi connectivity index (χ4v) is 2.49. The number of hydrogen-bond donors (Lipinski definition) is 3. The highest BCUT2D eigenvalue weighted by atomic mass is 35.5. The van der Waals surface area contributed by atoms with E-state index in [1.165, 1.54) is 12.1 Å². The van der Waals surface area contributed by atoms with Crippen LogP contribution in [0.1, 0.15) is 29.6 Å². The summed E-state index contributed by atoms with van der Waals surface area (Å²) in [4.78, 5) is 22.9. The second-order valence-corrected chi connectivity index (χ2v) is 5.18. The number of carbonyl (C=O) groups excluding carboxylic acids is 1. The Morgan fingerprint density at radius 2 is 2.24 bits per heavy atom. The largest absolute Gasteiger partial charge is 0.478 e. The number of carboxylic acids is 1. The van der Waals surface area contributed by atoms with Crippen LogP contribution in [0.25, 0.3) is 0 Å². The fraction of sp³-hybridized carbons (Fsp3) is 0.429. The second kappa shape index (κ2) is 7.28. The standard InChI is InChI=1S/C14H17ClN2O4/c15-10-4-1-5-11(12(10)13(18)19)17-14(20)16-7-6-9-3-2-8-21-9/h1,4-5,9H,2-3,6-8H2,(H,18,19)(H2,16,17,20). The number of halogens is 1. The summed E-state index contributed by atoms with van der Waals surface area (Å²) in [6, 6.07) is 4.08. The first-order chi connectivity index (χ1) is 10.1. The van der Waals surface area contributed by atoms with Crippen LogP contribution in [-0.2, 0) is 4.74 Å². The number of hydrogen-bond acceptors (Lipinski definition) is 3. The molecule has 1 unspecified atom stereocenters. The summed E-state index contributed by atoms with van der Waals surface area (Å²) in [5.41, 5.74) is 0.0538. The van der Waals surface area contributed by atoms with Crippen LogP contribution >= 0.6 is 11.6 Å². The molecule has 0 bridgehead atoms. The Morgan fingerprint density at radius 3 is 2.90 bits per heavy atom. The van der Waals surface area contributed by atoms with Crippen LogP contribution in [0.3, 0.4) is 0 Å². The van der Waals surface area contributed by atoms with Crippen molar-refractivity contribution in [1.29, 1.82) is 0 Å². The molecule has 0 spiro atoms. The zero-order valence-electron chi connectivity index (χ0n) is 11.4. The molecule has 1 heterocycles. The molecule has 0 aliphatic carbocycles. The molecule has 1 aliphatic rings. The van der Waals surface area contributed by atoms with E-state index in [9.17, 15) is 9.59 Å². The number of rotatable bonds is 5. The lowest BCUT2D eigenvalue weighted by molar-refractivity contribution is 0.0698. The van der Waals surface area contributed by atoms with Gasteiger partial charge in [0.1, 0.15) is 5.56 Å². The number of anilines is 1. The predicted octanol–water partition coefficient (Wildman–Crippen LogP) is 2.73. The van der Waals surface area contributed by atoms with Crippen molar-refractivity contribution in [3.63, 3.8) is 0 Å². The molecule has 1 saturated heterocycles. The Balaban J connectivity index is 1.87. The molecule has 7 heteroatoms. The van der Waals surface area contributed by atoms with Crippen molar-refractivity contribution >= 4 is 29.3 Å². The highest BCUT2D eigenvalue weighted by molar-refractivity contribution is 6.34. The lowest BCUT2D eigenvalue weighted by Crippen LogP contribution is -2.31. The molecule has 1 atom stereocenters. The number of amides is 2. The van der Waals surface area contributed by atoms with Gasteiger partial charge in [0.15, 0.2) is 0 Å². The summed E-state index contributed by atoms with van der Waals surface area (Å²) in [5.74, 6) is -1.18. The van der Waals surface area contributed by atoms with E-state index in [0.717, 1.165) is 25.9 Å². The number of carboxylic acid groups (broad SMARTS) is 1. The highest BCUT2D eigenvalue weighted by Gasteiger charge is 2.17. The Morgan fingerprint density at radius 1 is 1.43 bits per heavy atom. The monoisotopic (exact) mass is 312 g/mol. The minimum atomic E-state index is -1.18. The molecule has 3 N–H and O–H groups in total. The lowest BCUT2D eigenvalue weighted by Gasteiger charge is -2.12. The van der Waals surface area contributed by atoms with Gasteiger partial charge in [-0.05, 0) is 31.4 Å². The van der Waals surface area contributed by atoms with Crippen molar-refractivity contribution in [2.75, 3.05) is 18.5 Å². The second-order valence-electron chi connectivity index (χ2n) is 4.77. The quantitative estimate of drug-likeness (QED) is 0.780. The SMILES string of the molecule is O=C(NCCC1CCCO1)Nc1cccc(Cl)c1C(=O)O. The maximum absolute atomic E-state index is 11.8. The maximum Gasteiger partial charge on any atom is 0.339 e. The van der Waals surface area contributed by atoms with Gasteiger partial charge in [-0.3, -0.25) is 0 Å². The summed E-state index contributed by atoms with van der Waals surface area (Å²) in [5, 5.41) is 14.4. The third-order valence-corrected chi connectivity index (χ3v) is 3.57. The molecule has 21 heavy (non-hydrogen) atoms. The number of nitrogens with one attached hydrogen (secondary N) is 2. The first kappa shape index (κ1) is 15.6. The summed E-state index contributed by atoms with van der Waals surface area (Å²) in [7, 11) is 0. The van der Waals surface area contributed by atoms with Crippen LogP contribution in [0.15, 0.2) is 18.2 Å². The zero-order valence-corrected chi connectivity index (χ0v) is 12.2. The third kappa shape index (κ3) is 4.34. The molecule has 2 amide bonds. The van der Waals surface area contributed by atoms with Crippen molar-refractivity contribution < 1.29 is 19.4 Å².